The molecular formula is C7H18NO5S+. The van der Waals surface area contributed by atoms with E-state index in [0.717, 1.165) is 13.2 Å². The van der Waals surface area contributed by atoms with Crippen LogP contribution >= 0.6 is 0 Å². The van der Waals surface area contributed by atoms with Crippen LogP contribution in [0.2, 0.25) is 0 Å². The van der Waals surface area contributed by atoms with Gasteiger partial charge in [0.05, 0.1) is 26.8 Å². The highest BCUT2D eigenvalue weighted by molar-refractivity contribution is 7.79. The fourth-order valence-corrected chi connectivity index (χ4v) is 1.10. The van der Waals surface area contributed by atoms with Gasteiger partial charge >= 0.3 is 10.4 Å². The lowest BCUT2D eigenvalue weighted by molar-refractivity contribution is -0.915. The molecule has 1 rings (SSSR count). The van der Waals surface area contributed by atoms with Crippen molar-refractivity contribution in [3.05, 3.63) is 0 Å². The number of hydrogen-bond donors (Lipinski definition) is 2. The zero-order valence-electron chi connectivity index (χ0n) is 8.51. The van der Waals surface area contributed by atoms with E-state index in [1.807, 2.05) is 0 Å². The molecule has 1 saturated heterocycles. The molecule has 1 fully saturated rings. The first-order valence-corrected chi connectivity index (χ1v) is 5.78. The van der Waals surface area contributed by atoms with Gasteiger partial charge < -0.3 is 9.22 Å². The van der Waals surface area contributed by atoms with E-state index < -0.39 is 10.4 Å². The van der Waals surface area contributed by atoms with Crippen molar-refractivity contribution in [1.82, 2.24) is 0 Å². The van der Waals surface area contributed by atoms with Crippen LogP contribution < -0.4 is 0 Å². The third kappa shape index (κ3) is 8.39. The zero-order chi connectivity index (χ0) is 11.2. The molecule has 0 spiro atoms. The maximum Gasteiger partial charge on any atom is 0.394 e. The van der Waals surface area contributed by atoms with Crippen LogP contribution in [0.15, 0.2) is 0 Å². The second-order valence-electron chi connectivity index (χ2n) is 3.44. The van der Waals surface area contributed by atoms with Gasteiger partial charge in [-0.05, 0) is 6.92 Å². The minimum absolute atomic E-state index is 0.949. The van der Waals surface area contributed by atoms with Crippen molar-refractivity contribution in [1.29, 1.82) is 0 Å². The Hall–Kier alpha value is -0.210. The summed E-state index contributed by atoms with van der Waals surface area (Å²) >= 11 is 0. The van der Waals surface area contributed by atoms with E-state index in [-0.39, 0.29) is 0 Å². The molecule has 0 atom stereocenters. The molecular weight excluding hydrogens is 210 g/mol. The second-order valence-corrected chi connectivity index (χ2v) is 4.34. The molecule has 0 amide bonds. The van der Waals surface area contributed by atoms with Crippen LogP contribution in [-0.4, -0.2) is 61.9 Å². The third-order valence-electron chi connectivity index (χ3n) is 2.31. The van der Waals surface area contributed by atoms with Crippen molar-refractivity contribution in [2.24, 2.45) is 0 Å². The van der Waals surface area contributed by atoms with E-state index >= 15 is 0 Å². The van der Waals surface area contributed by atoms with Gasteiger partial charge in [0, 0.05) is 0 Å². The van der Waals surface area contributed by atoms with Crippen LogP contribution in [-0.2, 0) is 15.1 Å². The van der Waals surface area contributed by atoms with Crippen molar-refractivity contribution in [3.8, 4) is 0 Å². The van der Waals surface area contributed by atoms with Crippen LogP contribution in [0.4, 0.5) is 0 Å². The first-order chi connectivity index (χ1) is 6.27. The van der Waals surface area contributed by atoms with Crippen molar-refractivity contribution < 1.29 is 26.7 Å². The van der Waals surface area contributed by atoms with Gasteiger partial charge in [-0.1, -0.05) is 0 Å². The standard InChI is InChI=1S/C7H16NO.H2O4S/c1-3-8(2)4-6-9-7-5-8;1-5(2,3)4/h3-7H2,1-2H3;(H2,1,2,3,4)/q+1;. The molecule has 0 bridgehead atoms. The molecule has 86 valence electrons. The zero-order valence-corrected chi connectivity index (χ0v) is 9.33. The fourth-order valence-electron chi connectivity index (χ4n) is 1.10. The lowest BCUT2D eigenvalue weighted by atomic mass is 10.3. The largest absolute Gasteiger partial charge is 0.394 e. The Bertz CT molecular complexity index is 237. The van der Waals surface area contributed by atoms with Gasteiger partial charge in [-0.25, -0.2) is 0 Å². The number of ether oxygens (including phenoxy) is 1. The van der Waals surface area contributed by atoms with E-state index in [9.17, 15) is 0 Å². The Kier molecular flexibility index (Phi) is 5.53. The SMILES string of the molecule is CC[N+]1(C)CCOCC1.O=S(=O)(O)O. The molecule has 0 aromatic rings. The van der Waals surface area contributed by atoms with Crippen molar-refractivity contribution in [2.75, 3.05) is 39.9 Å². The molecule has 0 aromatic heterocycles. The Labute approximate surface area is 84.6 Å². The summed E-state index contributed by atoms with van der Waals surface area (Å²) in [5, 5.41) is 0. The summed E-state index contributed by atoms with van der Waals surface area (Å²) in [6.45, 7) is 7.76. The maximum atomic E-state index is 8.74. The summed E-state index contributed by atoms with van der Waals surface area (Å²) < 4.78 is 38.0. The molecule has 6 nitrogen and oxygen atoms in total. The summed E-state index contributed by atoms with van der Waals surface area (Å²) in [4.78, 5) is 0. The molecule has 0 aliphatic carbocycles. The Morgan fingerprint density at radius 2 is 1.64 bits per heavy atom. The number of quaternary nitrogens is 1. The average Bonchev–Trinajstić information content (AvgIpc) is 2.03. The third-order valence-corrected chi connectivity index (χ3v) is 2.31. The Morgan fingerprint density at radius 1 is 1.29 bits per heavy atom. The lowest BCUT2D eigenvalue weighted by Gasteiger charge is -2.36. The predicted octanol–water partition coefficient (Wildman–Crippen LogP) is -0.170. The number of rotatable bonds is 1. The minimum Gasteiger partial charge on any atom is -0.370 e. The first-order valence-electron chi connectivity index (χ1n) is 4.38. The quantitative estimate of drug-likeness (QED) is 0.481. The molecule has 2 N–H and O–H groups in total. The van der Waals surface area contributed by atoms with Crippen LogP contribution in [0.5, 0.6) is 0 Å². The number of hydrogen-bond acceptors (Lipinski definition) is 3. The van der Waals surface area contributed by atoms with Crippen LogP contribution in [0.3, 0.4) is 0 Å². The molecule has 0 saturated carbocycles. The summed E-state index contributed by atoms with van der Waals surface area (Å²) in [6.07, 6.45) is 0. The van der Waals surface area contributed by atoms with Gasteiger partial charge in [0.2, 0.25) is 0 Å². The van der Waals surface area contributed by atoms with E-state index in [1.54, 1.807) is 0 Å². The minimum atomic E-state index is -4.67. The normalized spacial score (nSPS) is 20.9. The van der Waals surface area contributed by atoms with Gasteiger partial charge in [0.25, 0.3) is 0 Å². The number of likely N-dealkylation sites (N-methyl/N-ethyl adjacent to an activating group) is 1. The molecule has 1 aliphatic rings. The smallest absolute Gasteiger partial charge is 0.370 e. The van der Waals surface area contributed by atoms with Crippen LogP contribution in [0, 0.1) is 0 Å². The first kappa shape index (κ1) is 13.8. The fraction of sp³-hybridized carbons (Fsp3) is 1.00. The van der Waals surface area contributed by atoms with Gasteiger partial charge in [0.1, 0.15) is 13.1 Å². The Balaban J connectivity index is 0.000000292. The van der Waals surface area contributed by atoms with Gasteiger partial charge in [0.15, 0.2) is 0 Å². The number of morpholine rings is 1. The van der Waals surface area contributed by atoms with E-state index in [4.69, 9.17) is 22.3 Å². The summed E-state index contributed by atoms with van der Waals surface area (Å²) in [7, 11) is -2.37. The summed E-state index contributed by atoms with van der Waals surface area (Å²) in [5.41, 5.74) is 0. The maximum absolute atomic E-state index is 8.74. The monoisotopic (exact) mass is 228 g/mol. The van der Waals surface area contributed by atoms with Crippen molar-refractivity contribution in [3.63, 3.8) is 0 Å². The molecule has 1 heterocycles. The van der Waals surface area contributed by atoms with Crippen LogP contribution in [0.1, 0.15) is 6.92 Å². The highest BCUT2D eigenvalue weighted by Gasteiger charge is 2.21. The highest BCUT2D eigenvalue weighted by Crippen LogP contribution is 2.05. The lowest BCUT2D eigenvalue weighted by Crippen LogP contribution is -2.51. The van der Waals surface area contributed by atoms with Crippen molar-refractivity contribution >= 4 is 10.4 Å². The molecule has 7 heteroatoms. The predicted molar refractivity (Wildman–Crippen MR) is 51.5 cm³/mol. The molecule has 0 unspecified atom stereocenters. The molecule has 14 heavy (non-hydrogen) atoms. The van der Waals surface area contributed by atoms with Gasteiger partial charge in [-0.15, -0.1) is 0 Å². The second kappa shape index (κ2) is 5.62. The van der Waals surface area contributed by atoms with E-state index in [2.05, 4.69) is 14.0 Å². The average molecular weight is 228 g/mol. The number of nitrogens with zero attached hydrogens (tertiary/aromatic N) is 1. The molecule has 0 aromatic carbocycles. The van der Waals surface area contributed by atoms with E-state index in [0.29, 0.717) is 0 Å². The highest BCUT2D eigenvalue weighted by atomic mass is 32.3. The summed E-state index contributed by atoms with van der Waals surface area (Å²) in [6, 6.07) is 0. The molecule has 0 radical (unpaired) electrons. The van der Waals surface area contributed by atoms with Crippen LogP contribution in [0.25, 0.3) is 0 Å². The van der Waals surface area contributed by atoms with Crippen molar-refractivity contribution in [2.45, 2.75) is 6.92 Å². The molecule has 1 aliphatic heterocycles. The Morgan fingerprint density at radius 3 is 1.86 bits per heavy atom. The topological polar surface area (TPSA) is 83.8 Å². The van der Waals surface area contributed by atoms with Gasteiger partial charge in [-0.2, -0.15) is 8.42 Å². The summed E-state index contributed by atoms with van der Waals surface area (Å²) in [5.74, 6) is 0. The van der Waals surface area contributed by atoms with Gasteiger partial charge in [-0.3, -0.25) is 9.11 Å². The van der Waals surface area contributed by atoms with E-state index in [1.165, 1.54) is 24.1 Å².